The Balaban J connectivity index is 1.66. The number of sulfonamides is 1. The zero-order valence-electron chi connectivity index (χ0n) is 18.5. The van der Waals surface area contributed by atoms with Gasteiger partial charge in [-0.25, -0.2) is 13.1 Å². The number of nitrogens with one attached hydrogen (secondary N) is 1. The summed E-state index contributed by atoms with van der Waals surface area (Å²) in [6.07, 6.45) is -0.215. The topological polar surface area (TPSA) is 111 Å². The molecule has 0 aliphatic carbocycles. The predicted molar refractivity (Wildman–Crippen MR) is 123 cm³/mol. The van der Waals surface area contributed by atoms with Gasteiger partial charge in [-0.3, -0.25) is 9.59 Å². The minimum atomic E-state index is -3.78. The highest BCUT2D eigenvalue weighted by atomic mass is 35.5. The molecule has 1 N–H and O–H groups in total. The van der Waals surface area contributed by atoms with E-state index in [-0.39, 0.29) is 24.5 Å². The predicted octanol–water partition coefficient (Wildman–Crippen LogP) is 2.49. The maximum absolute atomic E-state index is 12.3. The summed E-state index contributed by atoms with van der Waals surface area (Å²) >= 11 is 5.81. The lowest BCUT2D eigenvalue weighted by molar-refractivity contribution is -0.151. The Morgan fingerprint density at radius 3 is 2.24 bits per heavy atom. The molecule has 0 aliphatic rings. The van der Waals surface area contributed by atoms with E-state index >= 15 is 0 Å². The van der Waals surface area contributed by atoms with Gasteiger partial charge in [0.05, 0.1) is 24.5 Å². The maximum atomic E-state index is 12.3. The molecule has 0 saturated heterocycles. The number of nitrogens with zero attached hydrogens (tertiary/aromatic N) is 1. The van der Waals surface area contributed by atoms with Gasteiger partial charge in [-0.1, -0.05) is 11.6 Å². The lowest BCUT2D eigenvalue weighted by Gasteiger charge is -2.17. The molecule has 2 rings (SSSR count). The molecule has 9 nitrogen and oxygen atoms in total. The Kier molecular flexibility index (Phi) is 10.4. The standard InChI is InChI=1S/C22H27ClN2O7S/c1-3-30-18-8-10-20(11-9-18)33(28,29)24-13-12-22(27)32-16-21(26)25(2)14-15-31-19-6-4-17(23)5-7-19/h4-11,24H,3,12-16H2,1-2H3. The Hall–Kier alpha value is -2.82. The number of likely N-dealkylation sites (N-methyl/N-ethyl adjacent to an activating group) is 1. The summed E-state index contributed by atoms with van der Waals surface area (Å²) in [5.41, 5.74) is 0. The number of esters is 1. The first-order chi connectivity index (χ1) is 15.7. The van der Waals surface area contributed by atoms with Crippen LogP contribution in [0.2, 0.25) is 5.02 Å². The van der Waals surface area contributed by atoms with E-state index < -0.39 is 28.5 Å². The summed E-state index contributed by atoms with van der Waals surface area (Å²) in [5, 5.41) is 0.598. The molecular formula is C22H27ClN2O7S. The smallest absolute Gasteiger partial charge is 0.307 e. The van der Waals surface area contributed by atoms with E-state index in [1.807, 2.05) is 6.92 Å². The van der Waals surface area contributed by atoms with Crippen LogP contribution in [0.25, 0.3) is 0 Å². The second kappa shape index (κ2) is 13.0. The Bertz CT molecular complexity index is 1010. The average molecular weight is 499 g/mol. The minimum Gasteiger partial charge on any atom is -0.494 e. The number of rotatable bonds is 13. The van der Waals surface area contributed by atoms with Crippen LogP contribution in [0.4, 0.5) is 0 Å². The van der Waals surface area contributed by atoms with Gasteiger partial charge < -0.3 is 19.1 Å². The number of halogens is 1. The molecule has 0 radical (unpaired) electrons. The third kappa shape index (κ3) is 9.29. The van der Waals surface area contributed by atoms with Gasteiger partial charge >= 0.3 is 5.97 Å². The van der Waals surface area contributed by atoms with Crippen molar-refractivity contribution < 1.29 is 32.2 Å². The number of hydrogen-bond donors (Lipinski definition) is 1. The van der Waals surface area contributed by atoms with Crippen LogP contribution in [-0.2, 0) is 24.3 Å². The maximum Gasteiger partial charge on any atom is 0.307 e. The van der Waals surface area contributed by atoms with Gasteiger partial charge in [0.1, 0.15) is 18.1 Å². The number of carbonyl (C=O) groups is 2. The van der Waals surface area contributed by atoms with Gasteiger partial charge in [-0.05, 0) is 55.5 Å². The van der Waals surface area contributed by atoms with Crippen molar-refractivity contribution in [1.29, 1.82) is 0 Å². The van der Waals surface area contributed by atoms with Crippen molar-refractivity contribution in [3.05, 3.63) is 53.6 Å². The average Bonchev–Trinajstić information content (AvgIpc) is 2.79. The van der Waals surface area contributed by atoms with Crippen LogP contribution in [-0.4, -0.2) is 65.2 Å². The zero-order valence-corrected chi connectivity index (χ0v) is 20.0. The van der Waals surface area contributed by atoms with Gasteiger partial charge in [0.25, 0.3) is 5.91 Å². The molecule has 11 heteroatoms. The Morgan fingerprint density at radius 2 is 1.61 bits per heavy atom. The third-order valence-electron chi connectivity index (χ3n) is 4.36. The second-order valence-corrected chi connectivity index (χ2v) is 9.03. The van der Waals surface area contributed by atoms with Crippen molar-refractivity contribution in [3.63, 3.8) is 0 Å². The normalized spacial score (nSPS) is 11.0. The highest BCUT2D eigenvalue weighted by Crippen LogP contribution is 2.16. The highest BCUT2D eigenvalue weighted by Gasteiger charge is 2.16. The summed E-state index contributed by atoms with van der Waals surface area (Å²) in [6.45, 7) is 2.25. The fourth-order valence-corrected chi connectivity index (χ4v) is 3.69. The molecule has 0 saturated carbocycles. The third-order valence-corrected chi connectivity index (χ3v) is 6.09. The van der Waals surface area contributed by atoms with Gasteiger partial charge in [0, 0.05) is 18.6 Å². The van der Waals surface area contributed by atoms with Crippen molar-refractivity contribution in [1.82, 2.24) is 9.62 Å². The van der Waals surface area contributed by atoms with Crippen LogP contribution >= 0.6 is 11.6 Å². The quantitative estimate of drug-likeness (QED) is 0.422. The van der Waals surface area contributed by atoms with Crippen molar-refractivity contribution in [2.75, 3.05) is 40.0 Å². The summed E-state index contributed by atoms with van der Waals surface area (Å²) in [6, 6.07) is 12.8. The number of carbonyl (C=O) groups excluding carboxylic acids is 2. The molecule has 180 valence electrons. The molecule has 0 spiro atoms. The Morgan fingerprint density at radius 1 is 1.00 bits per heavy atom. The minimum absolute atomic E-state index is 0.0527. The fourth-order valence-electron chi connectivity index (χ4n) is 2.53. The molecule has 0 atom stereocenters. The van der Waals surface area contributed by atoms with E-state index in [0.717, 1.165) is 0 Å². The van der Waals surface area contributed by atoms with E-state index in [9.17, 15) is 18.0 Å². The monoisotopic (exact) mass is 498 g/mol. The molecule has 0 aromatic heterocycles. The van der Waals surface area contributed by atoms with Crippen LogP contribution < -0.4 is 14.2 Å². The van der Waals surface area contributed by atoms with Gasteiger partial charge in [0.2, 0.25) is 10.0 Å². The van der Waals surface area contributed by atoms with Crippen LogP contribution in [0.15, 0.2) is 53.4 Å². The highest BCUT2D eigenvalue weighted by molar-refractivity contribution is 7.89. The van der Waals surface area contributed by atoms with E-state index in [4.69, 9.17) is 25.8 Å². The summed E-state index contributed by atoms with van der Waals surface area (Å²) in [4.78, 5) is 25.4. The molecule has 0 unspecified atom stereocenters. The summed E-state index contributed by atoms with van der Waals surface area (Å²) in [7, 11) is -2.22. The first-order valence-corrected chi connectivity index (χ1v) is 12.1. The van der Waals surface area contributed by atoms with Gasteiger partial charge in [-0.2, -0.15) is 0 Å². The molecule has 2 aromatic carbocycles. The van der Waals surface area contributed by atoms with E-state index in [1.165, 1.54) is 17.0 Å². The van der Waals surface area contributed by atoms with Crippen molar-refractivity contribution in [3.8, 4) is 11.5 Å². The molecule has 2 aromatic rings. The number of benzene rings is 2. The van der Waals surface area contributed by atoms with Crippen molar-refractivity contribution in [2.45, 2.75) is 18.2 Å². The summed E-state index contributed by atoms with van der Waals surface area (Å²) in [5.74, 6) is 0.0900. The number of ether oxygens (including phenoxy) is 3. The van der Waals surface area contributed by atoms with E-state index in [1.54, 1.807) is 43.4 Å². The largest absolute Gasteiger partial charge is 0.494 e. The van der Waals surface area contributed by atoms with Crippen molar-refractivity contribution in [2.24, 2.45) is 0 Å². The lowest BCUT2D eigenvalue weighted by Crippen LogP contribution is -2.34. The van der Waals surface area contributed by atoms with Gasteiger partial charge in [-0.15, -0.1) is 0 Å². The van der Waals surface area contributed by atoms with E-state index in [0.29, 0.717) is 29.7 Å². The van der Waals surface area contributed by atoms with Crippen molar-refractivity contribution >= 4 is 33.5 Å². The molecule has 0 aliphatic heterocycles. The molecule has 0 bridgehead atoms. The Labute approximate surface area is 198 Å². The van der Waals surface area contributed by atoms with Crippen LogP contribution in [0, 0.1) is 0 Å². The SMILES string of the molecule is CCOc1ccc(S(=O)(=O)NCCC(=O)OCC(=O)N(C)CCOc2ccc(Cl)cc2)cc1. The molecule has 1 amide bonds. The summed E-state index contributed by atoms with van der Waals surface area (Å²) < 4.78 is 42.6. The van der Waals surface area contributed by atoms with Crippen LogP contribution in [0.5, 0.6) is 11.5 Å². The molecule has 0 heterocycles. The molecule has 0 fully saturated rings. The van der Waals surface area contributed by atoms with Crippen LogP contribution in [0.1, 0.15) is 13.3 Å². The lowest BCUT2D eigenvalue weighted by atomic mass is 10.3. The first kappa shape index (κ1) is 26.4. The zero-order chi connectivity index (χ0) is 24.3. The fraction of sp³-hybridized carbons (Fsp3) is 0.364. The molecule has 33 heavy (non-hydrogen) atoms. The first-order valence-electron chi connectivity index (χ1n) is 10.2. The van der Waals surface area contributed by atoms with Crippen LogP contribution in [0.3, 0.4) is 0 Å². The van der Waals surface area contributed by atoms with Gasteiger partial charge in [0.15, 0.2) is 6.61 Å². The second-order valence-electron chi connectivity index (χ2n) is 6.83. The molecular weight excluding hydrogens is 472 g/mol. The van der Waals surface area contributed by atoms with E-state index in [2.05, 4.69) is 4.72 Å². The number of hydrogen-bond acceptors (Lipinski definition) is 7. The number of amides is 1.